The van der Waals surface area contributed by atoms with Crippen molar-refractivity contribution in [1.82, 2.24) is 4.90 Å². The third-order valence-corrected chi connectivity index (χ3v) is 5.86. The number of carbonyl (C=O) groups is 2. The van der Waals surface area contributed by atoms with Crippen LogP contribution in [0, 0.1) is 10.1 Å². The second-order valence-corrected chi connectivity index (χ2v) is 8.47. The molecule has 1 heterocycles. The summed E-state index contributed by atoms with van der Waals surface area (Å²) in [5.41, 5.74) is 1.17. The molecule has 1 saturated heterocycles. The average Bonchev–Trinajstić information content (AvgIpc) is 3.03. The summed E-state index contributed by atoms with van der Waals surface area (Å²) in [6, 6.07) is 13.1. The lowest BCUT2D eigenvalue weighted by Gasteiger charge is -2.14. The number of anilines is 1. The number of nitro benzene ring substituents is 1. The zero-order chi connectivity index (χ0) is 23.1. The third-order valence-electron chi connectivity index (χ3n) is 4.49. The zero-order valence-corrected chi connectivity index (χ0v) is 18.9. The highest BCUT2D eigenvalue weighted by atomic mass is 32.2. The number of thiocarbonyl (C=S) groups is 1. The molecule has 8 nitrogen and oxygen atoms in total. The Morgan fingerprint density at radius 3 is 2.72 bits per heavy atom. The van der Waals surface area contributed by atoms with Crippen molar-refractivity contribution < 1.29 is 19.2 Å². The molecule has 0 atom stereocenters. The van der Waals surface area contributed by atoms with Gasteiger partial charge in [-0.3, -0.25) is 24.6 Å². The second kappa shape index (κ2) is 10.9. The number of nitrogens with one attached hydrogen (secondary N) is 1. The summed E-state index contributed by atoms with van der Waals surface area (Å²) in [7, 11) is 0. The van der Waals surface area contributed by atoms with E-state index < -0.39 is 4.92 Å². The Hall–Kier alpha value is -3.24. The van der Waals surface area contributed by atoms with E-state index in [4.69, 9.17) is 17.0 Å². The minimum atomic E-state index is -0.485. The topological polar surface area (TPSA) is 102 Å². The highest BCUT2D eigenvalue weighted by Gasteiger charge is 2.31. The lowest BCUT2D eigenvalue weighted by molar-refractivity contribution is -0.384. The summed E-state index contributed by atoms with van der Waals surface area (Å²) >= 11 is 6.45. The Morgan fingerprint density at radius 2 is 2.03 bits per heavy atom. The first-order valence-corrected chi connectivity index (χ1v) is 11.1. The van der Waals surface area contributed by atoms with Crippen LogP contribution in [0.1, 0.15) is 25.3 Å². The summed E-state index contributed by atoms with van der Waals surface area (Å²) in [5, 5.41) is 13.7. The fraction of sp³-hybridized carbons (Fsp3) is 0.227. The molecule has 1 fully saturated rings. The zero-order valence-electron chi connectivity index (χ0n) is 17.3. The molecule has 0 aliphatic carbocycles. The molecule has 2 aromatic rings. The van der Waals surface area contributed by atoms with Crippen LogP contribution in [0.25, 0.3) is 6.08 Å². The van der Waals surface area contributed by atoms with Crippen LogP contribution in [-0.4, -0.2) is 39.1 Å². The van der Waals surface area contributed by atoms with Crippen LogP contribution >= 0.6 is 24.0 Å². The molecule has 2 aromatic carbocycles. The van der Waals surface area contributed by atoms with E-state index in [1.165, 1.54) is 17.0 Å². The number of benzene rings is 2. The van der Waals surface area contributed by atoms with Crippen molar-refractivity contribution in [2.24, 2.45) is 0 Å². The predicted octanol–water partition coefficient (Wildman–Crippen LogP) is 4.61. The van der Waals surface area contributed by atoms with Gasteiger partial charge in [-0.25, -0.2) is 0 Å². The Kier molecular flexibility index (Phi) is 7.96. The molecule has 10 heteroatoms. The number of ether oxygens (including phenoxy) is 1. The molecule has 2 amide bonds. The molecular formula is C22H21N3O5S2. The summed E-state index contributed by atoms with van der Waals surface area (Å²) in [4.78, 5) is 37.2. The molecule has 0 bridgehead atoms. The molecular weight excluding hydrogens is 450 g/mol. The van der Waals surface area contributed by atoms with Crippen molar-refractivity contribution >= 4 is 57.6 Å². The van der Waals surface area contributed by atoms with Gasteiger partial charge in [0.2, 0.25) is 5.91 Å². The Balaban J connectivity index is 1.52. The van der Waals surface area contributed by atoms with Crippen molar-refractivity contribution in [3.8, 4) is 5.75 Å². The van der Waals surface area contributed by atoms with Crippen LogP contribution < -0.4 is 10.1 Å². The molecule has 0 unspecified atom stereocenters. The predicted molar refractivity (Wildman–Crippen MR) is 128 cm³/mol. The molecule has 0 radical (unpaired) electrons. The Bertz CT molecular complexity index is 1070. The largest absolute Gasteiger partial charge is 0.494 e. The monoisotopic (exact) mass is 471 g/mol. The van der Waals surface area contributed by atoms with E-state index >= 15 is 0 Å². The van der Waals surface area contributed by atoms with Crippen LogP contribution in [0.3, 0.4) is 0 Å². The molecule has 0 saturated carbocycles. The van der Waals surface area contributed by atoms with Gasteiger partial charge in [-0.2, -0.15) is 0 Å². The summed E-state index contributed by atoms with van der Waals surface area (Å²) in [6.45, 7) is 2.79. The fourth-order valence-corrected chi connectivity index (χ4v) is 4.30. The number of nitrogens with zero attached hydrogens (tertiary/aromatic N) is 2. The van der Waals surface area contributed by atoms with Crippen molar-refractivity contribution in [3.05, 3.63) is 69.1 Å². The standard InChI is InChI=1S/C22H21N3O5S2/c1-2-30-18-10-8-16(9-11-18)23-20(26)7-4-12-24-21(27)19(32-22(24)31)14-15-5-3-6-17(13-15)25(28)29/h3,5-6,8-11,13-14H,2,4,7,12H2,1H3,(H,23,26)/b19-14-. The minimum absolute atomic E-state index is 0.0484. The number of nitro groups is 1. The fourth-order valence-electron chi connectivity index (χ4n) is 2.99. The number of amides is 2. The average molecular weight is 472 g/mol. The molecule has 1 aliphatic rings. The van der Waals surface area contributed by atoms with E-state index in [1.54, 1.807) is 42.5 Å². The van der Waals surface area contributed by atoms with Gasteiger partial charge in [0.05, 0.1) is 16.4 Å². The summed E-state index contributed by atoms with van der Waals surface area (Å²) in [6.07, 6.45) is 2.26. The van der Waals surface area contributed by atoms with Crippen molar-refractivity contribution in [2.75, 3.05) is 18.5 Å². The van der Waals surface area contributed by atoms with E-state index in [1.807, 2.05) is 6.92 Å². The van der Waals surface area contributed by atoms with Crippen LogP contribution in [0.15, 0.2) is 53.4 Å². The molecule has 1 aliphatic heterocycles. The first-order valence-electron chi connectivity index (χ1n) is 9.90. The first-order chi connectivity index (χ1) is 15.4. The van der Waals surface area contributed by atoms with E-state index in [0.29, 0.717) is 40.0 Å². The van der Waals surface area contributed by atoms with Crippen molar-refractivity contribution in [3.63, 3.8) is 0 Å². The highest BCUT2D eigenvalue weighted by molar-refractivity contribution is 8.26. The van der Waals surface area contributed by atoms with Crippen LogP contribution in [0.5, 0.6) is 5.75 Å². The number of hydrogen-bond donors (Lipinski definition) is 1. The Labute approximate surface area is 194 Å². The number of non-ortho nitro benzene ring substituents is 1. The Morgan fingerprint density at radius 1 is 1.28 bits per heavy atom. The van der Waals surface area contributed by atoms with Gasteiger partial charge in [-0.15, -0.1) is 0 Å². The SMILES string of the molecule is CCOc1ccc(NC(=O)CCCN2C(=O)/C(=C/c3cccc([N+](=O)[O-])c3)SC2=S)cc1. The number of hydrogen-bond acceptors (Lipinski definition) is 7. The summed E-state index contributed by atoms with van der Waals surface area (Å²) in [5.74, 6) is 0.309. The van der Waals surface area contributed by atoms with E-state index in [9.17, 15) is 19.7 Å². The molecule has 166 valence electrons. The molecule has 3 rings (SSSR count). The third kappa shape index (κ3) is 6.14. The lowest BCUT2D eigenvalue weighted by Crippen LogP contribution is -2.29. The first kappa shape index (κ1) is 23.4. The van der Waals surface area contributed by atoms with Gasteiger partial charge >= 0.3 is 0 Å². The van der Waals surface area contributed by atoms with Crippen LogP contribution in [-0.2, 0) is 9.59 Å². The van der Waals surface area contributed by atoms with Gasteiger partial charge in [0.1, 0.15) is 10.1 Å². The smallest absolute Gasteiger partial charge is 0.270 e. The maximum atomic E-state index is 12.7. The van der Waals surface area contributed by atoms with Crippen LogP contribution in [0.4, 0.5) is 11.4 Å². The summed E-state index contributed by atoms with van der Waals surface area (Å²) < 4.78 is 5.77. The number of rotatable bonds is 9. The molecule has 32 heavy (non-hydrogen) atoms. The van der Waals surface area contributed by atoms with Crippen molar-refractivity contribution in [1.29, 1.82) is 0 Å². The normalized spacial score (nSPS) is 14.7. The van der Waals surface area contributed by atoms with Gasteiger partial charge in [0.25, 0.3) is 11.6 Å². The highest BCUT2D eigenvalue weighted by Crippen LogP contribution is 2.33. The molecule has 0 spiro atoms. The maximum absolute atomic E-state index is 12.7. The number of carbonyl (C=O) groups excluding carboxylic acids is 2. The lowest BCUT2D eigenvalue weighted by atomic mass is 10.2. The van der Waals surface area contributed by atoms with E-state index in [2.05, 4.69) is 5.32 Å². The minimum Gasteiger partial charge on any atom is -0.494 e. The van der Waals surface area contributed by atoms with E-state index in [-0.39, 0.29) is 23.9 Å². The van der Waals surface area contributed by atoms with E-state index in [0.717, 1.165) is 17.5 Å². The molecule has 1 N–H and O–H groups in total. The maximum Gasteiger partial charge on any atom is 0.270 e. The van der Waals surface area contributed by atoms with Gasteiger partial charge in [-0.05, 0) is 49.2 Å². The van der Waals surface area contributed by atoms with Gasteiger partial charge in [-0.1, -0.05) is 36.1 Å². The van der Waals surface area contributed by atoms with Gasteiger partial charge in [0.15, 0.2) is 0 Å². The van der Waals surface area contributed by atoms with Gasteiger partial charge in [0, 0.05) is 30.8 Å². The molecule has 0 aromatic heterocycles. The quantitative estimate of drug-likeness (QED) is 0.247. The van der Waals surface area contributed by atoms with Gasteiger partial charge < -0.3 is 10.1 Å². The van der Waals surface area contributed by atoms with Crippen molar-refractivity contribution in [2.45, 2.75) is 19.8 Å². The van der Waals surface area contributed by atoms with Crippen LogP contribution in [0.2, 0.25) is 0 Å². The number of thioether (sulfide) groups is 1. The second-order valence-electron chi connectivity index (χ2n) is 6.79.